The van der Waals surface area contributed by atoms with E-state index in [2.05, 4.69) is 34.7 Å². The number of Topliss-reactive ketones (excluding diaryl/α,β-unsaturated/α-hetero) is 1. The lowest BCUT2D eigenvalue weighted by molar-refractivity contribution is 0.101. The number of aromatic nitrogens is 1. The summed E-state index contributed by atoms with van der Waals surface area (Å²) in [7, 11) is 0. The van der Waals surface area contributed by atoms with Crippen molar-refractivity contribution in [3.63, 3.8) is 0 Å². The second kappa shape index (κ2) is 7.03. The highest BCUT2D eigenvalue weighted by Crippen LogP contribution is 2.25. The Morgan fingerprint density at radius 1 is 1.17 bits per heavy atom. The first-order valence-electron chi connectivity index (χ1n) is 8.44. The van der Waals surface area contributed by atoms with Gasteiger partial charge in [0.15, 0.2) is 10.9 Å². The number of piperazine rings is 1. The van der Waals surface area contributed by atoms with Crippen LogP contribution in [0.3, 0.4) is 0 Å². The number of benzene rings is 1. The monoisotopic (exact) mass is 343 g/mol. The van der Waals surface area contributed by atoms with Crippen molar-refractivity contribution in [2.75, 3.05) is 31.1 Å². The number of hydrogen-bond donors (Lipinski definition) is 0. The number of anilines is 1. The van der Waals surface area contributed by atoms with E-state index in [0.29, 0.717) is 0 Å². The summed E-state index contributed by atoms with van der Waals surface area (Å²) >= 11 is 1.71. The number of aryl methyl sites for hydroxylation is 2. The molecular formula is C19H25N3OS. The Bertz CT molecular complexity index is 732. The molecule has 0 radical (unpaired) electrons. The van der Waals surface area contributed by atoms with Gasteiger partial charge in [0, 0.05) is 49.9 Å². The third-order valence-corrected chi connectivity index (χ3v) is 5.76. The van der Waals surface area contributed by atoms with Gasteiger partial charge in [0.25, 0.3) is 0 Å². The van der Waals surface area contributed by atoms with Gasteiger partial charge in [-0.2, -0.15) is 0 Å². The first kappa shape index (κ1) is 17.1. The Labute approximate surface area is 148 Å². The van der Waals surface area contributed by atoms with E-state index < -0.39 is 0 Å². The molecule has 3 rings (SSSR count). The quantitative estimate of drug-likeness (QED) is 0.795. The minimum absolute atomic E-state index is 0.167. The van der Waals surface area contributed by atoms with E-state index in [1.54, 1.807) is 18.3 Å². The molecule has 1 aromatic carbocycles. The SMILES string of the molecule is CC(=O)c1c(C)cc(C)c(CN2CCN(c3nccs3)CC2)c1C. The maximum absolute atomic E-state index is 12.0. The molecular weight excluding hydrogens is 318 g/mol. The highest BCUT2D eigenvalue weighted by atomic mass is 32.1. The predicted octanol–water partition coefficient (Wildman–Crippen LogP) is 3.59. The molecule has 5 heteroatoms. The molecule has 1 aliphatic rings. The summed E-state index contributed by atoms with van der Waals surface area (Å²) in [6, 6.07) is 2.16. The topological polar surface area (TPSA) is 36.4 Å². The molecule has 1 saturated heterocycles. The molecule has 0 saturated carbocycles. The van der Waals surface area contributed by atoms with E-state index in [1.165, 1.54) is 11.1 Å². The minimum atomic E-state index is 0.167. The Hall–Kier alpha value is -1.72. The highest BCUT2D eigenvalue weighted by molar-refractivity contribution is 7.13. The number of carbonyl (C=O) groups is 1. The number of rotatable bonds is 4. The number of ketones is 1. The van der Waals surface area contributed by atoms with E-state index in [9.17, 15) is 4.79 Å². The number of hydrogen-bond acceptors (Lipinski definition) is 5. The molecule has 0 unspecified atom stereocenters. The summed E-state index contributed by atoms with van der Waals surface area (Å²) in [5.74, 6) is 0.167. The van der Waals surface area contributed by atoms with Crippen LogP contribution in [0.2, 0.25) is 0 Å². The normalized spacial score (nSPS) is 15.8. The first-order chi connectivity index (χ1) is 11.5. The van der Waals surface area contributed by atoms with Crippen LogP contribution >= 0.6 is 11.3 Å². The first-order valence-corrected chi connectivity index (χ1v) is 9.32. The van der Waals surface area contributed by atoms with Crippen LogP contribution in [-0.2, 0) is 6.54 Å². The standard InChI is InChI=1S/C19H25N3OS/c1-13-11-14(2)18(16(4)23)15(3)17(13)12-21-6-8-22(9-7-21)19-20-5-10-24-19/h5,10-11H,6-9,12H2,1-4H3. The van der Waals surface area contributed by atoms with Crippen LogP contribution in [0, 0.1) is 20.8 Å². The molecule has 4 nitrogen and oxygen atoms in total. The molecule has 1 aliphatic heterocycles. The van der Waals surface area contributed by atoms with Gasteiger partial charge in [-0.05, 0) is 49.9 Å². The summed E-state index contributed by atoms with van der Waals surface area (Å²) in [6.07, 6.45) is 1.87. The lowest BCUT2D eigenvalue weighted by Crippen LogP contribution is -2.46. The van der Waals surface area contributed by atoms with Crippen LogP contribution in [0.1, 0.15) is 39.5 Å². The van der Waals surface area contributed by atoms with Crippen molar-refractivity contribution in [3.8, 4) is 0 Å². The second-order valence-corrected chi connectivity index (χ2v) is 7.50. The molecule has 2 aromatic rings. The van der Waals surface area contributed by atoms with Crippen molar-refractivity contribution in [1.82, 2.24) is 9.88 Å². The average molecular weight is 343 g/mol. The summed E-state index contributed by atoms with van der Waals surface area (Å²) < 4.78 is 0. The number of thiazole rings is 1. The Morgan fingerprint density at radius 3 is 2.46 bits per heavy atom. The molecule has 2 heterocycles. The van der Waals surface area contributed by atoms with Crippen LogP contribution in [0.4, 0.5) is 5.13 Å². The van der Waals surface area contributed by atoms with Crippen molar-refractivity contribution in [1.29, 1.82) is 0 Å². The van der Waals surface area contributed by atoms with Gasteiger partial charge in [0.05, 0.1) is 0 Å². The fraction of sp³-hybridized carbons (Fsp3) is 0.474. The minimum Gasteiger partial charge on any atom is -0.346 e. The lowest BCUT2D eigenvalue weighted by atomic mass is 9.91. The Balaban J connectivity index is 1.73. The van der Waals surface area contributed by atoms with Crippen LogP contribution in [-0.4, -0.2) is 41.8 Å². The van der Waals surface area contributed by atoms with Gasteiger partial charge in [-0.3, -0.25) is 9.69 Å². The molecule has 0 N–H and O–H groups in total. The summed E-state index contributed by atoms with van der Waals surface area (Å²) in [5, 5.41) is 3.15. The summed E-state index contributed by atoms with van der Waals surface area (Å²) in [4.78, 5) is 21.2. The number of nitrogens with zero attached hydrogens (tertiary/aromatic N) is 3. The van der Waals surface area contributed by atoms with Crippen molar-refractivity contribution >= 4 is 22.3 Å². The van der Waals surface area contributed by atoms with Crippen LogP contribution in [0.15, 0.2) is 17.6 Å². The maximum atomic E-state index is 12.0. The van der Waals surface area contributed by atoms with Crippen molar-refractivity contribution < 1.29 is 4.79 Å². The number of carbonyl (C=O) groups excluding carboxylic acids is 1. The van der Waals surface area contributed by atoms with E-state index in [0.717, 1.165) is 54.5 Å². The van der Waals surface area contributed by atoms with Gasteiger partial charge in [-0.25, -0.2) is 4.98 Å². The predicted molar refractivity (Wildman–Crippen MR) is 100 cm³/mol. The Kier molecular flexibility index (Phi) is 5.01. The molecule has 0 bridgehead atoms. The molecule has 24 heavy (non-hydrogen) atoms. The molecule has 128 valence electrons. The van der Waals surface area contributed by atoms with Gasteiger partial charge >= 0.3 is 0 Å². The molecule has 0 spiro atoms. The van der Waals surface area contributed by atoms with Crippen molar-refractivity contribution in [3.05, 3.63) is 45.5 Å². The Morgan fingerprint density at radius 2 is 1.88 bits per heavy atom. The molecule has 0 aliphatic carbocycles. The summed E-state index contributed by atoms with van der Waals surface area (Å²) in [6.45, 7) is 13.0. The van der Waals surface area contributed by atoms with E-state index in [-0.39, 0.29) is 5.78 Å². The zero-order valence-electron chi connectivity index (χ0n) is 14.9. The van der Waals surface area contributed by atoms with Gasteiger partial charge < -0.3 is 4.90 Å². The van der Waals surface area contributed by atoms with Gasteiger partial charge in [-0.15, -0.1) is 11.3 Å². The fourth-order valence-corrected chi connectivity index (χ4v) is 4.40. The van der Waals surface area contributed by atoms with E-state index in [4.69, 9.17) is 0 Å². The molecule has 1 aromatic heterocycles. The second-order valence-electron chi connectivity index (χ2n) is 6.62. The van der Waals surface area contributed by atoms with Gasteiger partial charge in [0.1, 0.15) is 0 Å². The molecule has 0 atom stereocenters. The zero-order chi connectivity index (χ0) is 17.3. The third kappa shape index (κ3) is 3.37. The van der Waals surface area contributed by atoms with Gasteiger partial charge in [0.2, 0.25) is 0 Å². The highest BCUT2D eigenvalue weighted by Gasteiger charge is 2.21. The van der Waals surface area contributed by atoms with E-state index in [1.807, 2.05) is 18.5 Å². The van der Waals surface area contributed by atoms with E-state index >= 15 is 0 Å². The van der Waals surface area contributed by atoms with Crippen molar-refractivity contribution in [2.45, 2.75) is 34.2 Å². The average Bonchev–Trinajstić information content (AvgIpc) is 3.06. The molecule has 1 fully saturated rings. The third-order valence-electron chi connectivity index (χ3n) is 4.93. The summed E-state index contributed by atoms with van der Waals surface area (Å²) in [5.41, 5.74) is 5.75. The van der Waals surface area contributed by atoms with Crippen LogP contribution in [0.25, 0.3) is 0 Å². The maximum Gasteiger partial charge on any atom is 0.185 e. The van der Waals surface area contributed by atoms with Crippen molar-refractivity contribution in [2.24, 2.45) is 0 Å². The smallest absolute Gasteiger partial charge is 0.185 e. The van der Waals surface area contributed by atoms with Gasteiger partial charge in [-0.1, -0.05) is 6.07 Å². The largest absolute Gasteiger partial charge is 0.346 e. The van der Waals surface area contributed by atoms with Crippen LogP contribution < -0.4 is 4.90 Å². The molecule has 0 amide bonds. The fourth-order valence-electron chi connectivity index (χ4n) is 3.70. The zero-order valence-corrected chi connectivity index (χ0v) is 15.7. The lowest BCUT2D eigenvalue weighted by Gasteiger charge is -2.35. The van der Waals surface area contributed by atoms with Crippen LogP contribution in [0.5, 0.6) is 0 Å².